The van der Waals surface area contributed by atoms with Crippen LogP contribution in [0, 0.1) is 0 Å². The number of unbranched alkanes of at least 4 members (excludes halogenated alkanes) is 24. The molecule has 0 aliphatic heterocycles. The minimum absolute atomic E-state index is 0.0584. The van der Waals surface area contributed by atoms with E-state index in [1.54, 1.807) is 0 Å². The summed E-state index contributed by atoms with van der Waals surface area (Å²) in [4.78, 5) is 12.1. The second-order valence-electron chi connectivity index (χ2n) is 13.6. The van der Waals surface area contributed by atoms with E-state index >= 15 is 0 Å². The third kappa shape index (κ3) is 24.0. The van der Waals surface area contributed by atoms with E-state index in [2.05, 4.69) is 31.2 Å². The van der Waals surface area contributed by atoms with Crippen LogP contribution in [0.4, 0.5) is 0 Å². The van der Waals surface area contributed by atoms with E-state index in [9.17, 15) is 4.79 Å². The van der Waals surface area contributed by atoms with Crippen molar-refractivity contribution in [2.75, 3.05) is 6.61 Å². The van der Waals surface area contributed by atoms with Gasteiger partial charge < -0.3 is 9.47 Å². The van der Waals surface area contributed by atoms with Gasteiger partial charge in [0.1, 0.15) is 12.4 Å². The molecule has 0 bridgehead atoms. The highest BCUT2D eigenvalue weighted by Gasteiger charge is 2.04. The summed E-state index contributed by atoms with van der Waals surface area (Å²) in [6.07, 6.45) is 36.1. The fourth-order valence-electron chi connectivity index (χ4n) is 6.26. The van der Waals surface area contributed by atoms with Crippen molar-refractivity contribution >= 4 is 5.97 Å². The number of esters is 1. The Hall–Kier alpha value is -2.29. The van der Waals surface area contributed by atoms with Crippen molar-refractivity contribution in [1.29, 1.82) is 0 Å². The van der Waals surface area contributed by atoms with Gasteiger partial charge in [-0.1, -0.05) is 203 Å². The van der Waals surface area contributed by atoms with Crippen LogP contribution in [-0.2, 0) is 22.6 Å². The average Bonchev–Trinajstić information content (AvgIpc) is 3.08. The van der Waals surface area contributed by atoms with Gasteiger partial charge in [-0.15, -0.1) is 0 Å². The normalized spacial score (nSPS) is 11.2. The first-order valence-corrected chi connectivity index (χ1v) is 19.7. The molecule has 0 heterocycles. The first kappa shape index (κ1) is 39.9. The third-order valence-electron chi connectivity index (χ3n) is 9.31. The smallest absolute Gasteiger partial charge is 0.305 e. The van der Waals surface area contributed by atoms with Gasteiger partial charge in [0, 0.05) is 12.8 Å². The van der Waals surface area contributed by atoms with Gasteiger partial charge >= 0.3 is 5.97 Å². The predicted molar refractivity (Wildman–Crippen MR) is 198 cm³/mol. The van der Waals surface area contributed by atoms with Gasteiger partial charge in [0.05, 0.1) is 6.61 Å². The number of hydrogen-bond donors (Lipinski definition) is 0. The molecule has 3 nitrogen and oxygen atoms in total. The Bertz CT molecular complexity index is 923. The highest BCUT2D eigenvalue weighted by atomic mass is 16.5. The van der Waals surface area contributed by atoms with Crippen molar-refractivity contribution in [1.82, 2.24) is 0 Å². The molecule has 0 saturated heterocycles. The number of carbonyl (C=O) groups is 1. The molecule has 0 atom stereocenters. The lowest BCUT2D eigenvalue weighted by molar-refractivity contribution is -0.143. The Morgan fingerprint density at radius 2 is 0.891 bits per heavy atom. The molecule has 0 radical (unpaired) electrons. The molecule has 0 aromatic heterocycles. The number of carbonyl (C=O) groups excluding carboxylic acids is 1. The molecule has 260 valence electrons. The molecule has 46 heavy (non-hydrogen) atoms. The van der Waals surface area contributed by atoms with Crippen LogP contribution in [0.2, 0.25) is 0 Å². The number of hydrogen-bond acceptors (Lipinski definition) is 3. The van der Waals surface area contributed by atoms with Gasteiger partial charge in [0.15, 0.2) is 0 Å². The second kappa shape index (κ2) is 30.1. The quantitative estimate of drug-likeness (QED) is 0.0593. The SMILES string of the molecule is CCCCCCCCCCCCCCCCCCCCCCCCCCCC(=O)OCCc1ccc(OCc2ccccc2)cc1. The third-order valence-corrected chi connectivity index (χ3v) is 9.31. The molecule has 0 spiro atoms. The van der Waals surface area contributed by atoms with Gasteiger partial charge in [0.25, 0.3) is 0 Å². The van der Waals surface area contributed by atoms with Gasteiger partial charge in [-0.25, -0.2) is 0 Å². The fourth-order valence-corrected chi connectivity index (χ4v) is 6.26. The van der Waals surface area contributed by atoms with Crippen LogP contribution in [0.25, 0.3) is 0 Å². The summed E-state index contributed by atoms with van der Waals surface area (Å²) in [5.41, 5.74) is 2.31. The van der Waals surface area contributed by atoms with Crippen LogP contribution < -0.4 is 4.74 Å². The van der Waals surface area contributed by atoms with E-state index < -0.39 is 0 Å². The summed E-state index contributed by atoms with van der Waals surface area (Å²) in [5, 5.41) is 0. The highest BCUT2D eigenvalue weighted by Crippen LogP contribution is 2.17. The first-order valence-electron chi connectivity index (χ1n) is 19.7. The minimum atomic E-state index is -0.0584. The van der Waals surface area contributed by atoms with Gasteiger partial charge in [-0.2, -0.15) is 0 Å². The second-order valence-corrected chi connectivity index (χ2v) is 13.6. The monoisotopic (exact) mass is 635 g/mol. The Labute approximate surface area is 284 Å². The molecule has 0 saturated carbocycles. The van der Waals surface area contributed by atoms with E-state index in [1.165, 1.54) is 148 Å². The molecule has 2 rings (SSSR count). The number of benzene rings is 2. The molecule has 2 aromatic rings. The van der Waals surface area contributed by atoms with Crippen molar-refractivity contribution in [3.8, 4) is 5.75 Å². The van der Waals surface area contributed by atoms with Gasteiger partial charge in [-0.3, -0.25) is 4.79 Å². The zero-order chi connectivity index (χ0) is 32.6. The standard InChI is InChI=1S/C43H70O3/c1-2-3-4-5-6-7-8-9-10-11-12-13-14-15-16-17-18-19-20-21-22-23-24-25-29-32-43(44)45-38-37-40-33-35-42(36-34-40)46-39-41-30-27-26-28-31-41/h26-28,30-31,33-36H,2-25,29,32,37-39H2,1H3. The Morgan fingerprint density at radius 1 is 0.478 bits per heavy atom. The van der Waals surface area contributed by atoms with E-state index in [0.717, 1.165) is 36.1 Å². The molecule has 0 N–H and O–H groups in total. The van der Waals surface area contributed by atoms with Crippen LogP contribution in [0.5, 0.6) is 5.75 Å². The van der Waals surface area contributed by atoms with Crippen molar-refractivity contribution in [3.63, 3.8) is 0 Å². The molecule has 2 aromatic carbocycles. The van der Waals surface area contributed by atoms with Crippen LogP contribution in [0.3, 0.4) is 0 Å². The molecular weight excluding hydrogens is 564 g/mol. The predicted octanol–water partition coefficient (Wildman–Crippen LogP) is 13.5. The van der Waals surface area contributed by atoms with E-state index in [0.29, 0.717) is 19.6 Å². The van der Waals surface area contributed by atoms with Crippen LogP contribution in [-0.4, -0.2) is 12.6 Å². The van der Waals surface area contributed by atoms with Crippen molar-refractivity contribution < 1.29 is 14.3 Å². The zero-order valence-electron chi connectivity index (χ0n) is 29.9. The van der Waals surface area contributed by atoms with Gasteiger partial charge in [0.2, 0.25) is 0 Å². The Balaban J connectivity index is 1.25. The van der Waals surface area contributed by atoms with Crippen molar-refractivity contribution in [3.05, 3.63) is 65.7 Å². The largest absolute Gasteiger partial charge is 0.489 e. The number of ether oxygens (including phenoxy) is 2. The maximum Gasteiger partial charge on any atom is 0.305 e. The summed E-state index contributed by atoms with van der Waals surface area (Å²) in [5.74, 6) is 0.798. The van der Waals surface area contributed by atoms with Crippen LogP contribution in [0.15, 0.2) is 54.6 Å². The average molecular weight is 635 g/mol. The molecular formula is C43H70O3. The fraction of sp³-hybridized carbons (Fsp3) is 0.698. The zero-order valence-corrected chi connectivity index (χ0v) is 29.9. The summed E-state index contributed by atoms with van der Waals surface area (Å²) in [6, 6.07) is 18.3. The topological polar surface area (TPSA) is 35.5 Å². The summed E-state index contributed by atoms with van der Waals surface area (Å²) < 4.78 is 11.3. The van der Waals surface area contributed by atoms with Gasteiger partial charge in [-0.05, 0) is 29.7 Å². The Kier molecular flexibility index (Phi) is 26.1. The van der Waals surface area contributed by atoms with E-state index in [4.69, 9.17) is 9.47 Å². The summed E-state index contributed by atoms with van der Waals surface area (Å²) in [7, 11) is 0. The van der Waals surface area contributed by atoms with Crippen molar-refractivity contribution in [2.45, 2.75) is 187 Å². The molecule has 0 unspecified atom stereocenters. The maximum absolute atomic E-state index is 12.1. The lowest BCUT2D eigenvalue weighted by atomic mass is 10.0. The Morgan fingerprint density at radius 3 is 1.33 bits per heavy atom. The van der Waals surface area contributed by atoms with Crippen LogP contribution >= 0.6 is 0 Å². The minimum Gasteiger partial charge on any atom is -0.489 e. The van der Waals surface area contributed by atoms with Crippen molar-refractivity contribution in [2.24, 2.45) is 0 Å². The lowest BCUT2D eigenvalue weighted by Crippen LogP contribution is -2.07. The highest BCUT2D eigenvalue weighted by molar-refractivity contribution is 5.69. The summed E-state index contributed by atoms with van der Waals surface area (Å²) in [6.45, 7) is 3.31. The molecule has 0 fully saturated rings. The van der Waals surface area contributed by atoms with E-state index in [-0.39, 0.29) is 5.97 Å². The molecule has 0 aliphatic carbocycles. The number of rotatable bonds is 32. The summed E-state index contributed by atoms with van der Waals surface area (Å²) >= 11 is 0. The lowest BCUT2D eigenvalue weighted by Gasteiger charge is -2.08. The molecule has 0 aliphatic rings. The first-order chi connectivity index (χ1) is 22.8. The molecule has 3 heteroatoms. The molecule has 0 amide bonds. The van der Waals surface area contributed by atoms with Crippen LogP contribution in [0.1, 0.15) is 185 Å². The van der Waals surface area contributed by atoms with E-state index in [1.807, 2.05) is 30.3 Å². The maximum atomic E-state index is 12.1.